The van der Waals surface area contributed by atoms with E-state index < -0.39 is 0 Å². The average Bonchev–Trinajstić information content (AvgIpc) is 2.75. The molecule has 1 unspecified atom stereocenters. The molecule has 3 nitrogen and oxygen atoms in total. The summed E-state index contributed by atoms with van der Waals surface area (Å²) in [4.78, 5) is 14.8. The van der Waals surface area contributed by atoms with E-state index in [1.807, 2.05) is 30.0 Å². The Kier molecular flexibility index (Phi) is 4.34. The Hall–Kier alpha value is -1.29. The van der Waals surface area contributed by atoms with Gasteiger partial charge < -0.3 is 9.32 Å². The molecule has 2 aromatic rings. The van der Waals surface area contributed by atoms with Crippen LogP contribution < -0.4 is 0 Å². The van der Waals surface area contributed by atoms with Gasteiger partial charge in [0.1, 0.15) is 5.58 Å². The van der Waals surface area contributed by atoms with Gasteiger partial charge in [-0.15, -0.1) is 0 Å². The molecular formula is C17H20BrNO2. The maximum absolute atomic E-state index is 12.8. The molecule has 0 bridgehead atoms. The quantitative estimate of drug-likeness (QED) is 0.746. The van der Waals surface area contributed by atoms with Crippen LogP contribution in [0.1, 0.15) is 41.8 Å². The molecule has 1 atom stereocenters. The van der Waals surface area contributed by atoms with E-state index in [4.69, 9.17) is 4.42 Å². The summed E-state index contributed by atoms with van der Waals surface area (Å²) in [6.45, 7) is 2.87. The molecule has 0 N–H and O–H groups in total. The first kappa shape index (κ1) is 14.6. The van der Waals surface area contributed by atoms with Gasteiger partial charge in [-0.25, -0.2) is 0 Å². The molecule has 4 heteroatoms. The number of furan rings is 1. The van der Waals surface area contributed by atoms with Crippen LogP contribution in [0.25, 0.3) is 11.0 Å². The highest BCUT2D eigenvalue weighted by atomic mass is 79.9. The molecule has 1 aromatic carbocycles. The summed E-state index contributed by atoms with van der Waals surface area (Å²) in [5, 5.41) is 1.83. The zero-order valence-corrected chi connectivity index (χ0v) is 13.9. The topological polar surface area (TPSA) is 33.5 Å². The lowest BCUT2D eigenvalue weighted by molar-refractivity contribution is 0.0672. The molecule has 3 rings (SSSR count). The number of likely N-dealkylation sites (tertiary alicyclic amines) is 1. The Labute approximate surface area is 133 Å². The van der Waals surface area contributed by atoms with Crippen LogP contribution in [0.4, 0.5) is 0 Å². The average molecular weight is 350 g/mol. The Balaban J connectivity index is 1.90. The SMILES string of the molecule is Cc1ccc2oc(C(=O)N3CCCCCC3CBr)cc2c1. The number of rotatable bonds is 2. The molecule has 1 saturated heterocycles. The zero-order chi connectivity index (χ0) is 14.8. The largest absolute Gasteiger partial charge is 0.451 e. The third-order valence-electron chi connectivity index (χ3n) is 4.20. The summed E-state index contributed by atoms with van der Waals surface area (Å²) in [6.07, 6.45) is 4.54. The maximum Gasteiger partial charge on any atom is 0.289 e. The van der Waals surface area contributed by atoms with Crippen molar-refractivity contribution in [2.45, 2.75) is 38.6 Å². The third-order valence-corrected chi connectivity index (χ3v) is 4.95. The molecule has 112 valence electrons. The predicted molar refractivity (Wildman–Crippen MR) is 88.0 cm³/mol. The number of aryl methyl sites for hydroxylation is 1. The van der Waals surface area contributed by atoms with Crippen LogP contribution in [0.5, 0.6) is 0 Å². The van der Waals surface area contributed by atoms with Crippen molar-refractivity contribution >= 4 is 32.8 Å². The summed E-state index contributed by atoms with van der Waals surface area (Å²) in [6, 6.07) is 8.15. The van der Waals surface area contributed by atoms with Crippen molar-refractivity contribution < 1.29 is 9.21 Å². The fraction of sp³-hybridized carbons (Fsp3) is 0.471. The van der Waals surface area contributed by atoms with Gasteiger partial charge >= 0.3 is 0 Å². The van der Waals surface area contributed by atoms with Crippen molar-refractivity contribution in [2.75, 3.05) is 11.9 Å². The normalized spacial score (nSPS) is 19.7. The predicted octanol–water partition coefficient (Wildman–Crippen LogP) is 4.52. The van der Waals surface area contributed by atoms with Crippen LogP contribution in [0.2, 0.25) is 0 Å². The van der Waals surface area contributed by atoms with E-state index in [2.05, 4.69) is 22.0 Å². The lowest BCUT2D eigenvalue weighted by Crippen LogP contribution is -2.40. The van der Waals surface area contributed by atoms with Crippen molar-refractivity contribution in [3.63, 3.8) is 0 Å². The van der Waals surface area contributed by atoms with Crippen molar-refractivity contribution in [1.82, 2.24) is 4.90 Å². The number of amides is 1. The van der Waals surface area contributed by atoms with Crippen LogP contribution in [0, 0.1) is 6.92 Å². The van der Waals surface area contributed by atoms with Crippen molar-refractivity contribution in [3.05, 3.63) is 35.6 Å². The van der Waals surface area contributed by atoms with Gasteiger partial charge in [0.15, 0.2) is 5.76 Å². The van der Waals surface area contributed by atoms with Crippen LogP contribution >= 0.6 is 15.9 Å². The summed E-state index contributed by atoms with van der Waals surface area (Å²) >= 11 is 3.55. The highest BCUT2D eigenvalue weighted by molar-refractivity contribution is 9.09. The number of alkyl halides is 1. The second-order valence-corrected chi connectivity index (χ2v) is 6.46. The molecule has 21 heavy (non-hydrogen) atoms. The molecule has 2 heterocycles. The molecule has 1 fully saturated rings. The second kappa shape index (κ2) is 6.22. The van der Waals surface area contributed by atoms with E-state index in [-0.39, 0.29) is 11.9 Å². The van der Waals surface area contributed by atoms with Crippen LogP contribution in [0.3, 0.4) is 0 Å². The standard InChI is InChI=1S/C17H20BrNO2/c1-12-6-7-15-13(9-12)10-16(21-15)17(20)19-8-4-2-3-5-14(19)11-18/h6-7,9-10,14H,2-5,8,11H2,1H3. The van der Waals surface area contributed by atoms with Gasteiger partial charge in [0.25, 0.3) is 5.91 Å². The number of benzene rings is 1. The second-order valence-electron chi connectivity index (χ2n) is 5.81. The number of hydrogen-bond acceptors (Lipinski definition) is 2. The lowest BCUT2D eigenvalue weighted by atomic mass is 10.1. The summed E-state index contributed by atoms with van der Waals surface area (Å²) in [5.74, 6) is 0.485. The number of carbonyl (C=O) groups is 1. The Morgan fingerprint density at radius 2 is 2.19 bits per heavy atom. The third kappa shape index (κ3) is 3.00. The minimum absolute atomic E-state index is 0.0233. The van der Waals surface area contributed by atoms with Crippen LogP contribution in [-0.2, 0) is 0 Å². The van der Waals surface area contributed by atoms with E-state index in [9.17, 15) is 4.79 Å². The summed E-state index contributed by atoms with van der Waals surface area (Å²) in [7, 11) is 0. The van der Waals surface area contributed by atoms with E-state index in [1.54, 1.807) is 0 Å². The number of nitrogens with zero attached hydrogens (tertiary/aromatic N) is 1. The minimum Gasteiger partial charge on any atom is -0.451 e. The van der Waals surface area contributed by atoms with Gasteiger partial charge in [0.05, 0.1) is 0 Å². The first-order valence-corrected chi connectivity index (χ1v) is 8.68. The van der Waals surface area contributed by atoms with E-state index >= 15 is 0 Å². The van der Waals surface area contributed by atoms with Crippen LogP contribution in [0.15, 0.2) is 28.7 Å². The summed E-state index contributed by atoms with van der Waals surface area (Å²) < 4.78 is 5.77. The molecule has 0 saturated carbocycles. The van der Waals surface area contributed by atoms with Crippen molar-refractivity contribution in [2.24, 2.45) is 0 Å². The fourth-order valence-electron chi connectivity index (χ4n) is 3.01. The van der Waals surface area contributed by atoms with Gasteiger partial charge in [-0.2, -0.15) is 0 Å². The van der Waals surface area contributed by atoms with Gasteiger partial charge in [-0.1, -0.05) is 40.4 Å². The van der Waals surface area contributed by atoms with E-state index in [0.29, 0.717) is 5.76 Å². The molecule has 1 amide bonds. The van der Waals surface area contributed by atoms with Crippen LogP contribution in [-0.4, -0.2) is 28.7 Å². The van der Waals surface area contributed by atoms with E-state index in [0.717, 1.165) is 35.7 Å². The minimum atomic E-state index is 0.0233. The molecule has 0 aliphatic carbocycles. The number of hydrogen-bond donors (Lipinski definition) is 0. The van der Waals surface area contributed by atoms with Gasteiger partial charge in [0, 0.05) is 23.3 Å². The number of fused-ring (bicyclic) bond motifs is 1. The van der Waals surface area contributed by atoms with Gasteiger partial charge in [-0.05, 0) is 38.0 Å². The zero-order valence-electron chi connectivity index (χ0n) is 12.3. The summed E-state index contributed by atoms with van der Waals surface area (Å²) in [5.41, 5.74) is 1.96. The highest BCUT2D eigenvalue weighted by Crippen LogP contribution is 2.25. The first-order chi connectivity index (χ1) is 10.2. The van der Waals surface area contributed by atoms with E-state index in [1.165, 1.54) is 18.4 Å². The monoisotopic (exact) mass is 349 g/mol. The smallest absolute Gasteiger partial charge is 0.289 e. The number of halogens is 1. The Morgan fingerprint density at radius 1 is 1.33 bits per heavy atom. The number of carbonyl (C=O) groups excluding carboxylic acids is 1. The lowest BCUT2D eigenvalue weighted by Gasteiger charge is -2.27. The van der Waals surface area contributed by atoms with Gasteiger partial charge in [-0.3, -0.25) is 4.79 Å². The molecule has 0 radical (unpaired) electrons. The van der Waals surface area contributed by atoms with Gasteiger partial charge in [0.2, 0.25) is 0 Å². The Bertz CT molecular complexity index is 649. The van der Waals surface area contributed by atoms with Crippen molar-refractivity contribution in [1.29, 1.82) is 0 Å². The molecule has 1 aliphatic rings. The Morgan fingerprint density at radius 3 is 3.00 bits per heavy atom. The highest BCUT2D eigenvalue weighted by Gasteiger charge is 2.27. The fourth-order valence-corrected chi connectivity index (χ4v) is 3.69. The molecule has 1 aromatic heterocycles. The molecule has 1 aliphatic heterocycles. The molecule has 0 spiro atoms. The first-order valence-electron chi connectivity index (χ1n) is 7.56. The van der Waals surface area contributed by atoms with Crippen molar-refractivity contribution in [3.8, 4) is 0 Å². The molecular weight excluding hydrogens is 330 g/mol. The maximum atomic E-state index is 12.8.